The van der Waals surface area contributed by atoms with Gasteiger partial charge in [-0.25, -0.2) is 9.38 Å². The van der Waals surface area contributed by atoms with Crippen LogP contribution >= 0.6 is 24.0 Å². The van der Waals surface area contributed by atoms with E-state index < -0.39 is 5.60 Å². The average molecular weight is 490 g/mol. The van der Waals surface area contributed by atoms with Gasteiger partial charge < -0.3 is 20.3 Å². The van der Waals surface area contributed by atoms with Crippen LogP contribution in [0.15, 0.2) is 35.8 Å². The van der Waals surface area contributed by atoms with E-state index in [9.17, 15) is 9.18 Å². The molecule has 1 heterocycles. The number of hydrogen-bond donors (Lipinski definition) is 2. The first-order valence-electron chi connectivity index (χ1n) is 8.56. The van der Waals surface area contributed by atoms with Crippen molar-refractivity contribution in [2.45, 2.75) is 31.9 Å². The molecule has 0 aromatic heterocycles. The third-order valence-corrected chi connectivity index (χ3v) is 4.03. The number of halogens is 2. The van der Waals surface area contributed by atoms with E-state index in [2.05, 4.69) is 22.2 Å². The van der Waals surface area contributed by atoms with Crippen LogP contribution in [0.2, 0.25) is 0 Å². The number of likely N-dealkylation sites (N-methyl/N-ethyl adjacent to an activating group) is 1. The highest BCUT2D eigenvalue weighted by molar-refractivity contribution is 14.0. The van der Waals surface area contributed by atoms with Gasteiger partial charge in [0.25, 0.3) is 0 Å². The van der Waals surface area contributed by atoms with Crippen molar-refractivity contribution < 1.29 is 13.9 Å². The van der Waals surface area contributed by atoms with E-state index in [1.165, 1.54) is 17.0 Å². The Morgan fingerprint density at radius 1 is 1.48 bits per heavy atom. The molecular formula is C19H28FIN4O2. The van der Waals surface area contributed by atoms with Crippen molar-refractivity contribution in [2.24, 2.45) is 4.99 Å². The molecule has 1 unspecified atom stereocenters. The summed E-state index contributed by atoms with van der Waals surface area (Å²) >= 11 is 0. The van der Waals surface area contributed by atoms with Gasteiger partial charge in [0.1, 0.15) is 23.7 Å². The number of aliphatic imine (C=N–C) groups is 1. The minimum Gasteiger partial charge on any atom is -0.487 e. The van der Waals surface area contributed by atoms with Gasteiger partial charge >= 0.3 is 0 Å². The number of nitrogens with zero attached hydrogens (tertiary/aromatic N) is 2. The van der Waals surface area contributed by atoms with E-state index in [-0.39, 0.29) is 48.3 Å². The molecule has 0 bridgehead atoms. The van der Waals surface area contributed by atoms with E-state index in [1.807, 2.05) is 13.8 Å². The van der Waals surface area contributed by atoms with Gasteiger partial charge in [0.15, 0.2) is 5.96 Å². The van der Waals surface area contributed by atoms with Crippen molar-refractivity contribution in [1.82, 2.24) is 15.5 Å². The summed E-state index contributed by atoms with van der Waals surface area (Å²) in [5, 5.41) is 6.45. The summed E-state index contributed by atoms with van der Waals surface area (Å²) in [6.07, 6.45) is 2.38. The van der Waals surface area contributed by atoms with Crippen LogP contribution in [0.3, 0.4) is 0 Å². The number of ether oxygens (including phenoxy) is 1. The standard InChI is InChI=1S/C19H27FN4O2.HI/c1-6-9-21-18(22-12-17(25)24(4)5)23-15-11-19(2,3)26-16-10-13(20)7-8-14(15)16;/h6-8,10,15H,1,9,11-12H2,2-5H3,(H2,21,22,23);1H. The normalized spacial score (nSPS) is 17.7. The molecule has 6 nitrogen and oxygen atoms in total. The third kappa shape index (κ3) is 6.67. The number of carbonyl (C=O) groups is 1. The molecular weight excluding hydrogens is 462 g/mol. The highest BCUT2D eigenvalue weighted by Gasteiger charge is 2.34. The van der Waals surface area contributed by atoms with Crippen molar-refractivity contribution in [3.05, 3.63) is 42.2 Å². The molecule has 0 saturated heterocycles. The Labute approximate surface area is 177 Å². The van der Waals surface area contributed by atoms with Gasteiger partial charge in [-0.3, -0.25) is 4.79 Å². The number of fused-ring (bicyclic) bond motifs is 1. The highest BCUT2D eigenvalue weighted by Crippen LogP contribution is 2.39. The molecule has 27 heavy (non-hydrogen) atoms. The Balaban J connectivity index is 0.00000364. The topological polar surface area (TPSA) is 66.0 Å². The summed E-state index contributed by atoms with van der Waals surface area (Å²) < 4.78 is 19.5. The zero-order valence-corrected chi connectivity index (χ0v) is 18.5. The molecule has 1 amide bonds. The van der Waals surface area contributed by atoms with Crippen molar-refractivity contribution in [3.63, 3.8) is 0 Å². The van der Waals surface area contributed by atoms with Crippen LogP contribution in [0, 0.1) is 5.82 Å². The summed E-state index contributed by atoms with van der Waals surface area (Å²) in [4.78, 5) is 17.7. The van der Waals surface area contributed by atoms with Crippen LogP contribution < -0.4 is 15.4 Å². The predicted octanol–water partition coefficient (Wildman–Crippen LogP) is 2.86. The van der Waals surface area contributed by atoms with Crippen LogP contribution in [0.25, 0.3) is 0 Å². The molecule has 2 rings (SSSR count). The number of benzene rings is 1. The summed E-state index contributed by atoms with van der Waals surface area (Å²) in [7, 11) is 3.38. The lowest BCUT2D eigenvalue weighted by atomic mass is 9.90. The third-order valence-electron chi connectivity index (χ3n) is 4.03. The molecule has 0 saturated carbocycles. The first-order valence-corrected chi connectivity index (χ1v) is 8.56. The predicted molar refractivity (Wildman–Crippen MR) is 116 cm³/mol. The molecule has 0 spiro atoms. The van der Waals surface area contributed by atoms with Gasteiger partial charge in [-0.1, -0.05) is 12.1 Å². The van der Waals surface area contributed by atoms with Crippen LogP contribution in [0.1, 0.15) is 31.9 Å². The molecule has 1 aliphatic rings. The van der Waals surface area contributed by atoms with E-state index in [0.29, 0.717) is 24.7 Å². The van der Waals surface area contributed by atoms with Crippen LogP contribution in [-0.2, 0) is 4.79 Å². The van der Waals surface area contributed by atoms with Crippen molar-refractivity contribution in [1.29, 1.82) is 0 Å². The second-order valence-corrected chi connectivity index (χ2v) is 7.07. The monoisotopic (exact) mass is 490 g/mol. The fraction of sp³-hybridized carbons (Fsp3) is 0.474. The van der Waals surface area contributed by atoms with E-state index in [4.69, 9.17) is 4.74 Å². The van der Waals surface area contributed by atoms with Crippen LogP contribution in [0.4, 0.5) is 4.39 Å². The van der Waals surface area contributed by atoms with Crippen molar-refractivity contribution in [2.75, 3.05) is 27.2 Å². The van der Waals surface area contributed by atoms with Gasteiger partial charge in [-0.2, -0.15) is 0 Å². The number of carbonyl (C=O) groups excluding carboxylic acids is 1. The van der Waals surface area contributed by atoms with Crippen molar-refractivity contribution >= 4 is 35.8 Å². The molecule has 1 aromatic carbocycles. The Morgan fingerprint density at radius 2 is 2.19 bits per heavy atom. The van der Waals surface area contributed by atoms with E-state index >= 15 is 0 Å². The Bertz CT molecular complexity index is 707. The van der Waals surface area contributed by atoms with Crippen molar-refractivity contribution in [3.8, 4) is 5.75 Å². The number of hydrogen-bond acceptors (Lipinski definition) is 3. The number of guanidine groups is 1. The maximum absolute atomic E-state index is 13.6. The Morgan fingerprint density at radius 3 is 2.81 bits per heavy atom. The van der Waals surface area contributed by atoms with Gasteiger partial charge in [-0.15, -0.1) is 30.6 Å². The first-order chi connectivity index (χ1) is 12.2. The average Bonchev–Trinajstić information content (AvgIpc) is 2.55. The molecule has 0 aliphatic carbocycles. The Hall–Kier alpha value is -1.84. The smallest absolute Gasteiger partial charge is 0.243 e. The fourth-order valence-electron chi connectivity index (χ4n) is 2.73. The molecule has 0 fully saturated rings. The maximum Gasteiger partial charge on any atom is 0.243 e. The number of nitrogens with one attached hydrogen (secondary N) is 2. The second-order valence-electron chi connectivity index (χ2n) is 7.07. The summed E-state index contributed by atoms with van der Waals surface area (Å²) in [5.41, 5.74) is 0.402. The molecule has 1 atom stereocenters. The van der Waals surface area contributed by atoms with E-state index in [0.717, 1.165) is 5.56 Å². The molecule has 8 heteroatoms. The summed E-state index contributed by atoms with van der Waals surface area (Å²) in [6.45, 7) is 8.14. The van der Waals surface area contributed by atoms with Gasteiger partial charge in [0, 0.05) is 38.7 Å². The molecule has 150 valence electrons. The largest absolute Gasteiger partial charge is 0.487 e. The molecule has 1 aromatic rings. The second kappa shape index (κ2) is 9.91. The fourth-order valence-corrected chi connectivity index (χ4v) is 2.73. The zero-order chi connectivity index (χ0) is 19.3. The molecule has 0 radical (unpaired) electrons. The summed E-state index contributed by atoms with van der Waals surface area (Å²) in [5.74, 6) is 0.583. The lowest BCUT2D eigenvalue weighted by Gasteiger charge is -2.38. The minimum absolute atomic E-state index is 0. The lowest BCUT2D eigenvalue weighted by Crippen LogP contribution is -2.45. The summed E-state index contributed by atoms with van der Waals surface area (Å²) in [6, 6.07) is 4.40. The van der Waals surface area contributed by atoms with Crippen LogP contribution in [0.5, 0.6) is 5.75 Å². The van der Waals surface area contributed by atoms with Gasteiger partial charge in [0.05, 0.1) is 6.04 Å². The zero-order valence-electron chi connectivity index (χ0n) is 16.2. The van der Waals surface area contributed by atoms with Gasteiger partial charge in [0.2, 0.25) is 5.91 Å². The number of amides is 1. The van der Waals surface area contributed by atoms with Gasteiger partial charge in [-0.05, 0) is 19.9 Å². The minimum atomic E-state index is -0.457. The highest BCUT2D eigenvalue weighted by atomic mass is 127. The molecule has 1 aliphatic heterocycles. The van der Waals surface area contributed by atoms with E-state index in [1.54, 1.807) is 26.2 Å². The Kier molecular flexibility index (Phi) is 8.52. The van der Waals surface area contributed by atoms with Crippen LogP contribution in [-0.4, -0.2) is 49.6 Å². The molecule has 2 N–H and O–H groups in total. The number of rotatable bonds is 5. The lowest BCUT2D eigenvalue weighted by molar-refractivity contribution is -0.127. The quantitative estimate of drug-likeness (QED) is 0.289. The maximum atomic E-state index is 13.6. The first kappa shape index (κ1) is 23.2. The SMILES string of the molecule is C=CCNC(=NCC(=O)N(C)C)NC1CC(C)(C)Oc2cc(F)ccc21.I.